The maximum absolute atomic E-state index is 13.5. The molecule has 0 saturated heterocycles. The van der Waals surface area contributed by atoms with Gasteiger partial charge in [-0.15, -0.1) is 11.8 Å². The first-order valence-electron chi connectivity index (χ1n) is 11.4. The number of hydrogen-bond donors (Lipinski definition) is 1. The average Bonchev–Trinajstić information content (AvgIpc) is 2.84. The van der Waals surface area contributed by atoms with Crippen LogP contribution in [0.2, 0.25) is 0 Å². The van der Waals surface area contributed by atoms with Crippen molar-refractivity contribution in [2.45, 2.75) is 44.2 Å². The highest BCUT2D eigenvalue weighted by atomic mass is 32.2. The molecular weight excluding hydrogens is 428 g/mol. The van der Waals surface area contributed by atoms with Crippen LogP contribution >= 0.6 is 11.8 Å². The van der Waals surface area contributed by atoms with Gasteiger partial charge >= 0.3 is 0 Å². The highest BCUT2D eigenvalue weighted by Gasteiger charge is 2.29. The predicted molar refractivity (Wildman–Crippen MR) is 136 cm³/mol. The molecule has 0 radical (unpaired) electrons. The first-order valence-corrected chi connectivity index (χ1v) is 12.4. The Morgan fingerprint density at radius 1 is 0.879 bits per heavy atom. The summed E-state index contributed by atoms with van der Waals surface area (Å²) in [5.41, 5.74) is 3.22. The van der Waals surface area contributed by atoms with E-state index in [0.29, 0.717) is 31.7 Å². The van der Waals surface area contributed by atoms with Gasteiger partial charge in [-0.05, 0) is 37.1 Å². The number of amides is 2. The first-order chi connectivity index (χ1) is 16.1. The van der Waals surface area contributed by atoms with Gasteiger partial charge < -0.3 is 10.2 Å². The lowest BCUT2D eigenvalue weighted by Crippen LogP contribution is -2.50. The Kier molecular flexibility index (Phi) is 9.58. The summed E-state index contributed by atoms with van der Waals surface area (Å²) in [6.07, 6.45) is 0.853. The lowest BCUT2D eigenvalue weighted by molar-refractivity contribution is -0.140. The number of rotatable bonds is 11. The maximum Gasteiger partial charge on any atom is 0.243 e. The van der Waals surface area contributed by atoms with Gasteiger partial charge in [0.1, 0.15) is 6.04 Å². The number of likely N-dealkylation sites (N-methyl/N-ethyl adjacent to an activating group) is 1. The Bertz CT molecular complexity index is 1010. The van der Waals surface area contributed by atoms with E-state index in [1.165, 1.54) is 5.56 Å². The molecule has 0 fully saturated rings. The zero-order valence-corrected chi connectivity index (χ0v) is 20.2. The molecule has 0 aromatic heterocycles. The summed E-state index contributed by atoms with van der Waals surface area (Å²) in [6.45, 7) is 4.88. The fourth-order valence-corrected chi connectivity index (χ4v) is 4.51. The molecule has 0 spiro atoms. The van der Waals surface area contributed by atoms with Gasteiger partial charge in [0.05, 0.1) is 0 Å². The van der Waals surface area contributed by atoms with Crippen molar-refractivity contribution in [3.8, 4) is 0 Å². The van der Waals surface area contributed by atoms with Crippen molar-refractivity contribution in [2.24, 2.45) is 0 Å². The molecular formula is C28H32N2O2S. The van der Waals surface area contributed by atoms with Crippen LogP contribution in [0, 0.1) is 6.92 Å². The van der Waals surface area contributed by atoms with Gasteiger partial charge in [0, 0.05) is 36.6 Å². The second-order valence-corrected chi connectivity index (χ2v) is 9.19. The molecule has 3 rings (SSSR count). The van der Waals surface area contributed by atoms with E-state index < -0.39 is 6.04 Å². The zero-order valence-electron chi connectivity index (χ0n) is 19.4. The van der Waals surface area contributed by atoms with E-state index in [4.69, 9.17) is 0 Å². The minimum absolute atomic E-state index is 0.00816. The summed E-state index contributed by atoms with van der Waals surface area (Å²) in [4.78, 5) is 29.5. The molecule has 3 aromatic rings. The zero-order chi connectivity index (χ0) is 23.5. The predicted octanol–water partition coefficient (Wildman–Crippen LogP) is 5.25. The van der Waals surface area contributed by atoms with Crippen LogP contribution in [0.1, 0.15) is 30.0 Å². The van der Waals surface area contributed by atoms with Crippen molar-refractivity contribution in [3.05, 3.63) is 102 Å². The van der Waals surface area contributed by atoms with E-state index in [1.807, 2.05) is 98.8 Å². The summed E-state index contributed by atoms with van der Waals surface area (Å²) in [5.74, 6) is 0.546. The fourth-order valence-electron chi connectivity index (χ4n) is 3.65. The third-order valence-electron chi connectivity index (χ3n) is 5.42. The smallest absolute Gasteiger partial charge is 0.243 e. The number of carbonyl (C=O) groups is 2. The number of nitrogens with one attached hydrogen (secondary N) is 1. The largest absolute Gasteiger partial charge is 0.355 e. The molecule has 172 valence electrons. The lowest BCUT2D eigenvalue weighted by Gasteiger charge is -2.31. The van der Waals surface area contributed by atoms with Crippen molar-refractivity contribution in [2.75, 3.05) is 12.3 Å². The van der Waals surface area contributed by atoms with Gasteiger partial charge in [0.2, 0.25) is 11.8 Å². The van der Waals surface area contributed by atoms with E-state index in [2.05, 4.69) is 5.32 Å². The van der Waals surface area contributed by atoms with Crippen molar-refractivity contribution in [1.82, 2.24) is 10.2 Å². The van der Waals surface area contributed by atoms with Crippen LogP contribution in [-0.2, 0) is 22.6 Å². The number of nitrogens with zero attached hydrogens (tertiary/aromatic N) is 1. The standard InChI is InChI=1S/C28H32N2O2S/c1-3-29-28(32)26(20-23-10-6-4-7-11-23)30(21-24-16-14-22(2)15-17-24)27(31)18-19-33-25-12-8-5-9-13-25/h4-17,26H,3,18-21H2,1-2H3,(H,29,32). The van der Waals surface area contributed by atoms with Crippen molar-refractivity contribution in [1.29, 1.82) is 0 Å². The number of thioether (sulfide) groups is 1. The van der Waals surface area contributed by atoms with Crippen LogP contribution < -0.4 is 5.32 Å². The summed E-state index contributed by atoms with van der Waals surface area (Å²) >= 11 is 1.66. The van der Waals surface area contributed by atoms with Gasteiger partial charge in [-0.1, -0.05) is 78.4 Å². The van der Waals surface area contributed by atoms with Crippen LogP contribution in [0.25, 0.3) is 0 Å². The number of hydrogen-bond acceptors (Lipinski definition) is 3. The van der Waals surface area contributed by atoms with Crippen molar-refractivity contribution >= 4 is 23.6 Å². The molecule has 0 saturated carbocycles. The van der Waals surface area contributed by atoms with E-state index >= 15 is 0 Å². The first kappa shape index (κ1) is 24.6. The van der Waals surface area contributed by atoms with Crippen molar-refractivity contribution in [3.63, 3.8) is 0 Å². The number of aryl methyl sites for hydroxylation is 1. The molecule has 0 aliphatic rings. The minimum Gasteiger partial charge on any atom is -0.355 e. The molecule has 5 heteroatoms. The molecule has 1 atom stereocenters. The molecule has 0 heterocycles. The molecule has 33 heavy (non-hydrogen) atoms. The molecule has 0 aliphatic heterocycles. The topological polar surface area (TPSA) is 49.4 Å². The Balaban J connectivity index is 1.81. The van der Waals surface area contributed by atoms with Crippen LogP contribution in [-0.4, -0.2) is 35.1 Å². The molecule has 3 aromatic carbocycles. The van der Waals surface area contributed by atoms with Gasteiger partial charge in [0.25, 0.3) is 0 Å². The fraction of sp³-hybridized carbons (Fsp3) is 0.286. The van der Waals surface area contributed by atoms with Crippen molar-refractivity contribution < 1.29 is 9.59 Å². The molecule has 0 bridgehead atoms. The van der Waals surface area contributed by atoms with Gasteiger partial charge in [-0.2, -0.15) is 0 Å². The monoisotopic (exact) mass is 460 g/mol. The normalized spacial score (nSPS) is 11.6. The Labute approximate surface area is 201 Å². The second kappa shape index (κ2) is 12.9. The van der Waals surface area contributed by atoms with Crippen LogP contribution in [0.3, 0.4) is 0 Å². The van der Waals surface area contributed by atoms with Gasteiger partial charge in [-0.3, -0.25) is 9.59 Å². The highest BCUT2D eigenvalue weighted by Crippen LogP contribution is 2.21. The quantitative estimate of drug-likeness (QED) is 0.398. The summed E-state index contributed by atoms with van der Waals surface area (Å²) in [7, 11) is 0. The molecule has 0 aliphatic carbocycles. The third kappa shape index (κ3) is 7.79. The minimum atomic E-state index is -0.567. The van der Waals surface area contributed by atoms with E-state index in [0.717, 1.165) is 16.0 Å². The van der Waals surface area contributed by atoms with Crippen LogP contribution in [0.15, 0.2) is 89.8 Å². The Hall–Kier alpha value is -3.05. The second-order valence-electron chi connectivity index (χ2n) is 8.02. The SMILES string of the molecule is CCNC(=O)C(Cc1ccccc1)N(Cc1ccc(C)cc1)C(=O)CCSc1ccccc1. The number of benzene rings is 3. The van der Waals surface area contributed by atoms with Crippen LogP contribution in [0.4, 0.5) is 0 Å². The summed E-state index contributed by atoms with van der Waals surface area (Å²) < 4.78 is 0. The summed E-state index contributed by atoms with van der Waals surface area (Å²) in [6, 6.07) is 27.6. The number of carbonyl (C=O) groups excluding carboxylic acids is 2. The van der Waals surface area contributed by atoms with E-state index in [9.17, 15) is 9.59 Å². The highest BCUT2D eigenvalue weighted by molar-refractivity contribution is 7.99. The van der Waals surface area contributed by atoms with E-state index in [1.54, 1.807) is 16.7 Å². The summed E-state index contributed by atoms with van der Waals surface area (Å²) in [5, 5.41) is 2.94. The molecule has 2 amide bonds. The Morgan fingerprint density at radius 2 is 1.52 bits per heavy atom. The van der Waals surface area contributed by atoms with Crippen LogP contribution in [0.5, 0.6) is 0 Å². The lowest BCUT2D eigenvalue weighted by atomic mass is 10.0. The van der Waals surface area contributed by atoms with Gasteiger partial charge in [-0.25, -0.2) is 0 Å². The van der Waals surface area contributed by atoms with E-state index in [-0.39, 0.29) is 11.8 Å². The molecule has 1 unspecified atom stereocenters. The Morgan fingerprint density at radius 3 is 2.15 bits per heavy atom. The molecule has 1 N–H and O–H groups in total. The van der Waals surface area contributed by atoms with Gasteiger partial charge in [0.15, 0.2) is 0 Å². The molecule has 4 nitrogen and oxygen atoms in total. The third-order valence-corrected chi connectivity index (χ3v) is 6.44. The maximum atomic E-state index is 13.5. The average molecular weight is 461 g/mol.